The summed E-state index contributed by atoms with van der Waals surface area (Å²) in [7, 11) is 8.38. The average Bonchev–Trinajstić information content (AvgIpc) is 1.84. The fourth-order valence-electron chi connectivity index (χ4n) is 1.04. The Balaban J connectivity index is -0.000000500. The van der Waals surface area contributed by atoms with Crippen LogP contribution in [0, 0.1) is 0 Å². The second-order valence-corrected chi connectivity index (χ2v) is 3.43. The van der Waals surface area contributed by atoms with Gasteiger partial charge in [-0.15, -0.1) is 0 Å². The van der Waals surface area contributed by atoms with E-state index in [0.717, 1.165) is 19.9 Å². The van der Waals surface area contributed by atoms with Crippen molar-refractivity contribution in [2.24, 2.45) is 0 Å². The Morgan fingerprint density at radius 2 is 1.08 bits per heavy atom. The van der Waals surface area contributed by atoms with E-state index in [-0.39, 0.29) is 14.9 Å². The predicted molar refractivity (Wildman–Crippen MR) is 63.0 cm³/mol. The van der Waals surface area contributed by atoms with Crippen LogP contribution in [-0.4, -0.2) is 62.8 Å². The molecule has 0 saturated heterocycles. The summed E-state index contributed by atoms with van der Waals surface area (Å²) in [5, 5.41) is 0. The minimum atomic E-state index is 0. The highest BCUT2D eigenvalue weighted by atomic mass is 15.4. The molecule has 0 amide bonds. The zero-order chi connectivity index (χ0) is 8.85. The summed E-state index contributed by atoms with van der Waals surface area (Å²) >= 11 is 0. The quantitative estimate of drug-likeness (QED) is 0.611. The zero-order valence-corrected chi connectivity index (χ0v) is 8.46. The molecule has 13 heavy (non-hydrogen) atoms. The van der Waals surface area contributed by atoms with Gasteiger partial charge in [-0.05, 0) is 34.7 Å². The average molecular weight is 191 g/mol. The van der Waals surface area contributed by atoms with Crippen molar-refractivity contribution in [3.63, 3.8) is 0 Å². The van der Waals surface area contributed by atoms with E-state index in [2.05, 4.69) is 49.8 Å². The van der Waals surface area contributed by atoms with Gasteiger partial charge >= 0.3 is 0 Å². The maximum Gasteiger partial charge on any atom is 0.0512 e. The first-order valence-electron chi connectivity index (χ1n) is 4.08. The van der Waals surface area contributed by atoms with E-state index in [4.69, 9.17) is 0 Å². The molecule has 0 rings (SSSR count). The minimum absolute atomic E-state index is 0. The van der Waals surface area contributed by atoms with Gasteiger partial charge in [0, 0.05) is 0 Å². The van der Waals surface area contributed by atoms with E-state index in [9.17, 15) is 0 Å². The third-order valence-electron chi connectivity index (χ3n) is 1.41. The molecule has 0 saturated carbocycles. The third-order valence-corrected chi connectivity index (χ3v) is 1.41. The molecule has 0 fully saturated rings. The van der Waals surface area contributed by atoms with Gasteiger partial charge in [0.1, 0.15) is 0 Å². The second-order valence-electron chi connectivity index (χ2n) is 3.43. The van der Waals surface area contributed by atoms with Crippen molar-refractivity contribution >= 4 is 0 Å². The van der Waals surface area contributed by atoms with Crippen molar-refractivity contribution < 1.29 is 0 Å². The van der Waals surface area contributed by atoms with Crippen molar-refractivity contribution in [1.29, 1.82) is 0 Å². The summed E-state index contributed by atoms with van der Waals surface area (Å²) in [4.78, 5) is 6.75. The van der Waals surface area contributed by atoms with E-state index in [1.807, 2.05) is 0 Å². The van der Waals surface area contributed by atoms with Crippen molar-refractivity contribution in [3.05, 3.63) is 0 Å². The van der Waals surface area contributed by atoms with Crippen LogP contribution in [0.2, 0.25) is 0 Å². The largest absolute Gasteiger partial charge is 0.297 e. The number of nitrogens with zero attached hydrogens (tertiary/aromatic N) is 3. The number of rotatable bonds is 5. The van der Waals surface area contributed by atoms with Gasteiger partial charge in [-0.2, -0.15) is 0 Å². The third kappa shape index (κ3) is 11.9. The van der Waals surface area contributed by atoms with E-state index in [1.165, 1.54) is 0 Å². The van der Waals surface area contributed by atoms with Gasteiger partial charge in [0.25, 0.3) is 0 Å². The van der Waals surface area contributed by atoms with Gasteiger partial charge in [0.05, 0.1) is 13.3 Å². The Morgan fingerprint density at radius 1 is 0.769 bits per heavy atom. The van der Waals surface area contributed by atoms with Gasteiger partial charge < -0.3 is 0 Å². The van der Waals surface area contributed by atoms with Crippen LogP contribution in [0.4, 0.5) is 0 Å². The lowest BCUT2D eigenvalue weighted by atomic mass is 10.6. The van der Waals surface area contributed by atoms with Crippen LogP contribution in [0.3, 0.4) is 0 Å². The van der Waals surface area contributed by atoms with Crippen LogP contribution in [0.25, 0.3) is 0 Å². The summed E-state index contributed by atoms with van der Waals surface area (Å²) in [6.07, 6.45) is 0. The molecule has 0 atom stereocenters. The molecule has 84 valence electrons. The fraction of sp³-hybridized carbons (Fsp3) is 1.00. The molecule has 0 heterocycles. The number of hydrogen-bond acceptors (Lipinski definition) is 3. The van der Waals surface area contributed by atoms with Crippen LogP contribution in [0.15, 0.2) is 0 Å². The van der Waals surface area contributed by atoms with E-state index >= 15 is 0 Å². The van der Waals surface area contributed by atoms with Crippen LogP contribution < -0.4 is 0 Å². The standard InChI is InChI=1S/C8H21N3.2CH4/c1-6-11(7-9(2)3)8-10(4)5;;/h6-8H2,1-5H3;2*1H4. The molecule has 3 nitrogen and oxygen atoms in total. The molecule has 0 aromatic heterocycles. The summed E-state index contributed by atoms with van der Waals surface area (Å²) < 4.78 is 0. The molecule has 0 aromatic rings. The molecule has 0 aliphatic carbocycles. The van der Waals surface area contributed by atoms with Crippen molar-refractivity contribution in [3.8, 4) is 0 Å². The van der Waals surface area contributed by atoms with Crippen LogP contribution in [-0.2, 0) is 0 Å². The van der Waals surface area contributed by atoms with E-state index < -0.39 is 0 Å². The Morgan fingerprint density at radius 3 is 1.23 bits per heavy atom. The Labute approximate surface area is 85.3 Å². The lowest BCUT2D eigenvalue weighted by Crippen LogP contribution is -2.39. The maximum atomic E-state index is 2.38. The Hall–Kier alpha value is -0.120. The molecule has 0 N–H and O–H groups in total. The Bertz CT molecular complexity index is 82.2. The molecular weight excluding hydrogens is 162 g/mol. The lowest BCUT2D eigenvalue weighted by Gasteiger charge is -2.26. The van der Waals surface area contributed by atoms with Gasteiger partial charge in [0.15, 0.2) is 0 Å². The predicted octanol–water partition coefficient (Wildman–Crippen LogP) is 1.62. The molecule has 0 aromatic carbocycles. The fourth-order valence-corrected chi connectivity index (χ4v) is 1.04. The molecule has 0 radical (unpaired) electrons. The Kier molecular flexibility index (Phi) is 14.3. The van der Waals surface area contributed by atoms with Crippen molar-refractivity contribution in [2.45, 2.75) is 21.8 Å². The molecule has 3 heteroatoms. The van der Waals surface area contributed by atoms with Gasteiger partial charge in [-0.25, -0.2) is 0 Å². The normalized spacial score (nSPS) is 10.2. The van der Waals surface area contributed by atoms with Gasteiger partial charge in [0.2, 0.25) is 0 Å². The highest BCUT2D eigenvalue weighted by Gasteiger charge is 2.02. The number of hydrogen-bond donors (Lipinski definition) is 0. The maximum absolute atomic E-state index is 2.38. The smallest absolute Gasteiger partial charge is 0.0512 e. The van der Waals surface area contributed by atoms with Crippen LogP contribution in [0.5, 0.6) is 0 Å². The summed E-state index contributed by atoms with van der Waals surface area (Å²) in [5.41, 5.74) is 0. The van der Waals surface area contributed by atoms with Crippen molar-refractivity contribution in [2.75, 3.05) is 48.1 Å². The SMILES string of the molecule is C.C.CCN(CN(C)C)CN(C)C. The molecular formula is C10H29N3. The monoisotopic (exact) mass is 191 g/mol. The zero-order valence-electron chi connectivity index (χ0n) is 8.46. The molecule has 0 aliphatic heterocycles. The molecule has 0 spiro atoms. The summed E-state index contributed by atoms with van der Waals surface area (Å²) in [6.45, 7) is 5.37. The molecule has 0 bridgehead atoms. The van der Waals surface area contributed by atoms with E-state index in [1.54, 1.807) is 0 Å². The van der Waals surface area contributed by atoms with Crippen molar-refractivity contribution in [1.82, 2.24) is 14.7 Å². The highest BCUT2D eigenvalue weighted by molar-refractivity contribution is 4.50. The van der Waals surface area contributed by atoms with Crippen LogP contribution >= 0.6 is 0 Å². The first kappa shape index (κ1) is 18.6. The first-order chi connectivity index (χ1) is 5.06. The minimum Gasteiger partial charge on any atom is -0.297 e. The summed E-state index contributed by atoms with van der Waals surface area (Å²) in [6, 6.07) is 0. The van der Waals surface area contributed by atoms with Gasteiger partial charge in [-0.3, -0.25) is 14.7 Å². The highest BCUT2D eigenvalue weighted by Crippen LogP contribution is 1.89. The van der Waals surface area contributed by atoms with Gasteiger partial charge in [-0.1, -0.05) is 21.8 Å². The molecule has 0 aliphatic rings. The van der Waals surface area contributed by atoms with Crippen LogP contribution in [0.1, 0.15) is 21.8 Å². The molecule has 0 unspecified atom stereocenters. The lowest BCUT2D eigenvalue weighted by molar-refractivity contribution is 0.124. The topological polar surface area (TPSA) is 9.72 Å². The second kappa shape index (κ2) is 9.96. The first-order valence-corrected chi connectivity index (χ1v) is 4.08. The van der Waals surface area contributed by atoms with E-state index in [0.29, 0.717) is 0 Å². The summed E-state index contributed by atoms with van der Waals surface area (Å²) in [5.74, 6) is 0.